The molecular formula is C14H16N6O3S. The number of thioether (sulfide) groups is 1. The van der Waals surface area contributed by atoms with E-state index < -0.39 is 4.92 Å². The van der Waals surface area contributed by atoms with Gasteiger partial charge in [-0.1, -0.05) is 18.7 Å². The molecule has 3 rings (SSSR count). The summed E-state index contributed by atoms with van der Waals surface area (Å²) in [6.07, 6.45) is 5.19. The molecule has 0 saturated heterocycles. The number of nitrogens with zero attached hydrogens (tertiary/aromatic N) is 6. The molecule has 0 atom stereocenters. The number of hydrogen-bond donors (Lipinski definition) is 0. The lowest BCUT2D eigenvalue weighted by Gasteiger charge is -2.08. The van der Waals surface area contributed by atoms with Crippen LogP contribution in [0.3, 0.4) is 0 Å². The van der Waals surface area contributed by atoms with Crippen LogP contribution in [0.4, 0.5) is 5.69 Å². The van der Waals surface area contributed by atoms with Crippen LogP contribution in [0.5, 0.6) is 0 Å². The Hall–Kier alpha value is -2.62. The number of aromatic nitrogens is 5. The van der Waals surface area contributed by atoms with Crippen LogP contribution in [-0.4, -0.2) is 29.5 Å². The Morgan fingerprint density at radius 1 is 1.42 bits per heavy atom. The van der Waals surface area contributed by atoms with E-state index in [1.807, 2.05) is 17.6 Å². The van der Waals surface area contributed by atoms with Gasteiger partial charge in [0.25, 0.3) is 0 Å². The van der Waals surface area contributed by atoms with Crippen molar-refractivity contribution in [3.8, 4) is 11.4 Å². The molecule has 10 heteroatoms. The number of aryl methyl sites for hydroxylation is 1. The Labute approximate surface area is 141 Å². The van der Waals surface area contributed by atoms with Gasteiger partial charge in [-0.25, -0.2) is 0 Å². The van der Waals surface area contributed by atoms with E-state index in [-0.39, 0.29) is 5.69 Å². The van der Waals surface area contributed by atoms with Crippen molar-refractivity contribution in [2.24, 2.45) is 0 Å². The van der Waals surface area contributed by atoms with Crippen LogP contribution in [0.1, 0.15) is 19.1 Å². The van der Waals surface area contributed by atoms with Gasteiger partial charge in [0.1, 0.15) is 18.2 Å². The average Bonchev–Trinajstić information content (AvgIpc) is 3.25. The van der Waals surface area contributed by atoms with E-state index in [0.717, 1.165) is 35.3 Å². The number of nitro groups is 1. The van der Waals surface area contributed by atoms with Gasteiger partial charge in [-0.3, -0.25) is 14.8 Å². The lowest BCUT2D eigenvalue weighted by Crippen LogP contribution is -2.03. The van der Waals surface area contributed by atoms with Crippen molar-refractivity contribution in [2.75, 3.05) is 0 Å². The highest BCUT2D eigenvalue weighted by Crippen LogP contribution is 2.28. The Balaban J connectivity index is 1.81. The lowest BCUT2D eigenvalue weighted by molar-refractivity contribution is -0.385. The molecule has 9 nitrogen and oxygen atoms in total. The molecule has 0 saturated carbocycles. The predicted octanol–water partition coefficient (Wildman–Crippen LogP) is 3.11. The SMILES string of the molecule is CCCn1c(SCn2cc([N+](=O)[O-])cn2)nnc1-c1ccoc1C. The lowest BCUT2D eigenvalue weighted by atomic mass is 10.2. The maximum atomic E-state index is 10.7. The number of furan rings is 1. The van der Waals surface area contributed by atoms with Gasteiger partial charge in [-0.05, 0) is 19.4 Å². The van der Waals surface area contributed by atoms with Gasteiger partial charge >= 0.3 is 5.69 Å². The van der Waals surface area contributed by atoms with E-state index >= 15 is 0 Å². The van der Waals surface area contributed by atoms with E-state index in [2.05, 4.69) is 22.2 Å². The molecule has 3 aromatic heterocycles. The van der Waals surface area contributed by atoms with Crippen molar-refractivity contribution in [1.29, 1.82) is 0 Å². The maximum absolute atomic E-state index is 10.7. The summed E-state index contributed by atoms with van der Waals surface area (Å²) < 4.78 is 8.89. The van der Waals surface area contributed by atoms with Gasteiger partial charge in [0, 0.05) is 6.54 Å². The Morgan fingerprint density at radius 3 is 2.88 bits per heavy atom. The van der Waals surface area contributed by atoms with Gasteiger partial charge in [0.05, 0.1) is 22.6 Å². The first-order chi connectivity index (χ1) is 11.6. The third-order valence-electron chi connectivity index (χ3n) is 3.42. The van der Waals surface area contributed by atoms with Gasteiger partial charge in [-0.15, -0.1) is 10.2 Å². The molecule has 0 aliphatic carbocycles. The third kappa shape index (κ3) is 3.18. The van der Waals surface area contributed by atoms with E-state index in [0.29, 0.717) is 5.88 Å². The number of rotatable bonds is 7. The van der Waals surface area contributed by atoms with E-state index in [4.69, 9.17) is 4.42 Å². The molecular weight excluding hydrogens is 332 g/mol. The Bertz CT molecular complexity index is 852. The highest BCUT2D eigenvalue weighted by atomic mass is 32.2. The van der Waals surface area contributed by atoms with E-state index in [9.17, 15) is 10.1 Å². The maximum Gasteiger partial charge on any atom is 0.307 e. The molecule has 0 bridgehead atoms. The second-order valence-electron chi connectivity index (χ2n) is 5.12. The zero-order valence-corrected chi connectivity index (χ0v) is 14.1. The summed E-state index contributed by atoms with van der Waals surface area (Å²) in [4.78, 5) is 10.2. The molecule has 0 spiro atoms. The summed E-state index contributed by atoms with van der Waals surface area (Å²) in [5.74, 6) is 1.97. The first-order valence-electron chi connectivity index (χ1n) is 7.37. The molecule has 0 radical (unpaired) electrons. The summed E-state index contributed by atoms with van der Waals surface area (Å²) in [5.41, 5.74) is 0.887. The monoisotopic (exact) mass is 348 g/mol. The Morgan fingerprint density at radius 2 is 2.25 bits per heavy atom. The topological polar surface area (TPSA) is 105 Å². The molecule has 0 N–H and O–H groups in total. The first-order valence-corrected chi connectivity index (χ1v) is 8.36. The van der Waals surface area contributed by atoms with Crippen LogP contribution in [0.2, 0.25) is 0 Å². The van der Waals surface area contributed by atoms with Crippen molar-refractivity contribution in [3.63, 3.8) is 0 Å². The fourth-order valence-corrected chi connectivity index (χ4v) is 3.10. The minimum atomic E-state index is -0.465. The van der Waals surface area contributed by atoms with Crippen molar-refractivity contribution < 1.29 is 9.34 Å². The predicted molar refractivity (Wildman–Crippen MR) is 87.5 cm³/mol. The average molecular weight is 348 g/mol. The van der Waals surface area contributed by atoms with Gasteiger partial charge < -0.3 is 8.98 Å². The molecule has 0 aliphatic rings. The van der Waals surface area contributed by atoms with Crippen molar-refractivity contribution >= 4 is 17.4 Å². The zero-order chi connectivity index (χ0) is 17.1. The molecule has 0 unspecified atom stereocenters. The summed E-state index contributed by atoms with van der Waals surface area (Å²) in [7, 11) is 0. The van der Waals surface area contributed by atoms with E-state index in [1.54, 1.807) is 6.26 Å². The van der Waals surface area contributed by atoms with Crippen LogP contribution in [0.15, 0.2) is 34.3 Å². The minimum absolute atomic E-state index is 0.0275. The summed E-state index contributed by atoms with van der Waals surface area (Å²) >= 11 is 1.43. The van der Waals surface area contributed by atoms with Crippen LogP contribution < -0.4 is 0 Å². The molecule has 3 heterocycles. The summed E-state index contributed by atoms with van der Waals surface area (Å²) in [6.45, 7) is 4.74. The van der Waals surface area contributed by atoms with Crippen molar-refractivity contribution in [3.05, 3.63) is 40.6 Å². The third-order valence-corrected chi connectivity index (χ3v) is 4.37. The number of hydrogen-bond acceptors (Lipinski definition) is 7. The quantitative estimate of drug-likeness (QED) is 0.367. The summed E-state index contributed by atoms with van der Waals surface area (Å²) in [6, 6.07) is 1.87. The normalized spacial score (nSPS) is 11.1. The molecule has 0 fully saturated rings. The smallest absolute Gasteiger partial charge is 0.307 e. The van der Waals surface area contributed by atoms with E-state index in [1.165, 1.54) is 28.8 Å². The molecule has 126 valence electrons. The van der Waals surface area contributed by atoms with Crippen molar-refractivity contribution in [2.45, 2.75) is 37.8 Å². The van der Waals surface area contributed by atoms with Crippen molar-refractivity contribution in [1.82, 2.24) is 24.5 Å². The van der Waals surface area contributed by atoms with Gasteiger partial charge in [-0.2, -0.15) is 5.10 Å². The van der Waals surface area contributed by atoms with Gasteiger partial charge in [0.15, 0.2) is 11.0 Å². The van der Waals surface area contributed by atoms with Crippen LogP contribution >= 0.6 is 11.8 Å². The molecule has 0 amide bonds. The first kappa shape index (κ1) is 16.2. The van der Waals surface area contributed by atoms with Crippen LogP contribution in [0, 0.1) is 17.0 Å². The summed E-state index contributed by atoms with van der Waals surface area (Å²) in [5, 5.41) is 24.0. The minimum Gasteiger partial charge on any atom is -0.469 e. The fourth-order valence-electron chi connectivity index (χ4n) is 2.28. The standard InChI is InChI=1S/C14H16N6O3S/c1-3-5-19-13(12-4-6-23-10(12)2)16-17-14(19)24-9-18-8-11(7-15-18)20(21)22/h4,6-8H,3,5,9H2,1-2H3. The Kier molecular flexibility index (Phi) is 4.65. The highest BCUT2D eigenvalue weighted by molar-refractivity contribution is 7.98. The molecule has 3 aromatic rings. The second kappa shape index (κ2) is 6.87. The van der Waals surface area contributed by atoms with Crippen LogP contribution in [0.25, 0.3) is 11.4 Å². The zero-order valence-electron chi connectivity index (χ0n) is 13.2. The molecule has 24 heavy (non-hydrogen) atoms. The molecule has 0 aromatic carbocycles. The largest absolute Gasteiger partial charge is 0.469 e. The second-order valence-corrected chi connectivity index (χ2v) is 6.03. The fraction of sp³-hybridized carbons (Fsp3) is 0.357. The van der Waals surface area contributed by atoms with Crippen LogP contribution in [-0.2, 0) is 12.4 Å². The highest BCUT2D eigenvalue weighted by Gasteiger charge is 2.17. The molecule has 0 aliphatic heterocycles. The van der Waals surface area contributed by atoms with Gasteiger partial charge in [0.2, 0.25) is 0 Å².